The molecule has 0 aromatic heterocycles. The van der Waals surface area contributed by atoms with Gasteiger partial charge in [0.05, 0.1) is 12.7 Å². The van der Waals surface area contributed by atoms with Crippen LogP contribution in [0.2, 0.25) is 0 Å². The van der Waals surface area contributed by atoms with Gasteiger partial charge in [-0.1, -0.05) is 12.8 Å². The molecule has 0 aromatic carbocycles. The molecule has 3 rings (SSSR count). The molecule has 0 radical (unpaired) electrons. The van der Waals surface area contributed by atoms with Crippen LogP contribution < -0.4 is 10.6 Å². The zero-order chi connectivity index (χ0) is 14.7. The lowest BCUT2D eigenvalue weighted by Crippen LogP contribution is -2.58. The number of amides is 1. The standard InChI is InChI=1S/C16H29N3O2/c1-12-15(17-8-11-21-12)16(20)18-13-6-9-19(10-7-13)14-4-2-3-5-14/h12-15,17H,2-11H2,1H3,(H,18,20)/t12-,15+/m1/s1. The van der Waals surface area contributed by atoms with Crippen molar-refractivity contribution in [1.82, 2.24) is 15.5 Å². The highest BCUT2D eigenvalue weighted by Crippen LogP contribution is 2.26. The Kier molecular flexibility index (Phi) is 5.14. The van der Waals surface area contributed by atoms with E-state index in [1.165, 1.54) is 25.7 Å². The van der Waals surface area contributed by atoms with Crippen LogP contribution in [-0.4, -0.2) is 61.3 Å². The quantitative estimate of drug-likeness (QED) is 0.812. The third-order valence-electron chi connectivity index (χ3n) is 5.32. The van der Waals surface area contributed by atoms with E-state index in [2.05, 4.69) is 15.5 Å². The Morgan fingerprint density at radius 1 is 1.19 bits per heavy atom. The largest absolute Gasteiger partial charge is 0.375 e. The molecule has 3 aliphatic rings. The summed E-state index contributed by atoms with van der Waals surface area (Å²) < 4.78 is 5.55. The predicted octanol–water partition coefficient (Wildman–Crippen LogP) is 0.887. The number of carbonyl (C=O) groups is 1. The SMILES string of the molecule is C[C@H]1OCCN[C@@H]1C(=O)NC1CCN(C2CCCC2)CC1. The molecule has 0 bridgehead atoms. The average molecular weight is 295 g/mol. The fraction of sp³-hybridized carbons (Fsp3) is 0.938. The van der Waals surface area contributed by atoms with Crippen LogP contribution in [0.1, 0.15) is 45.4 Å². The van der Waals surface area contributed by atoms with Crippen molar-refractivity contribution in [3.63, 3.8) is 0 Å². The number of ether oxygens (including phenoxy) is 1. The van der Waals surface area contributed by atoms with Gasteiger partial charge in [-0.25, -0.2) is 0 Å². The fourth-order valence-electron chi connectivity index (χ4n) is 4.00. The van der Waals surface area contributed by atoms with Gasteiger partial charge in [-0.3, -0.25) is 4.79 Å². The second-order valence-electron chi connectivity index (χ2n) is 6.76. The molecular formula is C16H29N3O2. The Labute approximate surface area is 127 Å². The maximum atomic E-state index is 12.3. The van der Waals surface area contributed by atoms with E-state index in [9.17, 15) is 4.79 Å². The average Bonchev–Trinajstić information content (AvgIpc) is 3.02. The molecule has 5 nitrogen and oxygen atoms in total. The Morgan fingerprint density at radius 3 is 2.57 bits per heavy atom. The summed E-state index contributed by atoms with van der Waals surface area (Å²) in [6, 6.07) is 0.966. The number of likely N-dealkylation sites (tertiary alicyclic amines) is 1. The number of rotatable bonds is 3. The first kappa shape index (κ1) is 15.3. The van der Waals surface area contributed by atoms with Crippen molar-refractivity contribution in [3.05, 3.63) is 0 Å². The second-order valence-corrected chi connectivity index (χ2v) is 6.76. The minimum atomic E-state index is -0.188. The Hall–Kier alpha value is -0.650. The van der Waals surface area contributed by atoms with Gasteiger partial charge >= 0.3 is 0 Å². The fourth-order valence-corrected chi connectivity index (χ4v) is 4.00. The molecule has 5 heteroatoms. The van der Waals surface area contributed by atoms with Crippen molar-refractivity contribution < 1.29 is 9.53 Å². The van der Waals surface area contributed by atoms with Crippen molar-refractivity contribution in [2.75, 3.05) is 26.2 Å². The van der Waals surface area contributed by atoms with E-state index in [-0.39, 0.29) is 18.1 Å². The van der Waals surface area contributed by atoms with Gasteiger partial charge in [-0.2, -0.15) is 0 Å². The molecule has 1 aliphatic carbocycles. The first-order valence-electron chi connectivity index (χ1n) is 8.63. The summed E-state index contributed by atoms with van der Waals surface area (Å²) in [5.41, 5.74) is 0. The van der Waals surface area contributed by atoms with Gasteiger partial charge in [-0.05, 0) is 32.6 Å². The molecule has 2 atom stereocenters. The van der Waals surface area contributed by atoms with Crippen LogP contribution >= 0.6 is 0 Å². The molecule has 3 fully saturated rings. The van der Waals surface area contributed by atoms with E-state index in [1.54, 1.807) is 0 Å². The second kappa shape index (κ2) is 7.07. The summed E-state index contributed by atoms with van der Waals surface area (Å²) in [5.74, 6) is 0.113. The van der Waals surface area contributed by atoms with E-state index in [4.69, 9.17) is 4.74 Å². The lowest BCUT2D eigenvalue weighted by atomic mass is 10.0. The van der Waals surface area contributed by atoms with Crippen molar-refractivity contribution >= 4 is 5.91 Å². The third-order valence-corrected chi connectivity index (χ3v) is 5.32. The first-order chi connectivity index (χ1) is 10.2. The normalized spacial score (nSPS) is 33.2. The zero-order valence-corrected chi connectivity index (χ0v) is 13.1. The van der Waals surface area contributed by atoms with Gasteiger partial charge in [-0.15, -0.1) is 0 Å². The highest BCUT2D eigenvalue weighted by Gasteiger charge is 2.32. The number of hydrogen-bond donors (Lipinski definition) is 2. The third kappa shape index (κ3) is 3.76. The molecular weight excluding hydrogens is 266 g/mol. The molecule has 2 aliphatic heterocycles. The van der Waals surface area contributed by atoms with Gasteiger partial charge in [0.2, 0.25) is 5.91 Å². The van der Waals surface area contributed by atoms with Crippen molar-refractivity contribution in [1.29, 1.82) is 0 Å². The van der Waals surface area contributed by atoms with Crippen molar-refractivity contribution in [2.24, 2.45) is 0 Å². The smallest absolute Gasteiger partial charge is 0.240 e. The van der Waals surface area contributed by atoms with Crippen LogP contribution in [0.3, 0.4) is 0 Å². The van der Waals surface area contributed by atoms with Crippen molar-refractivity contribution in [3.8, 4) is 0 Å². The molecule has 0 spiro atoms. The zero-order valence-electron chi connectivity index (χ0n) is 13.1. The number of hydrogen-bond acceptors (Lipinski definition) is 4. The minimum absolute atomic E-state index is 0.0303. The van der Waals surface area contributed by atoms with Gasteiger partial charge in [0.1, 0.15) is 6.04 Å². The van der Waals surface area contributed by atoms with Gasteiger partial charge in [0, 0.05) is 31.7 Å². The Balaban J connectivity index is 1.43. The Morgan fingerprint density at radius 2 is 1.90 bits per heavy atom. The van der Waals surface area contributed by atoms with E-state index in [1.807, 2.05) is 6.92 Å². The van der Waals surface area contributed by atoms with Crippen molar-refractivity contribution in [2.45, 2.75) is 69.7 Å². The molecule has 120 valence electrons. The van der Waals surface area contributed by atoms with E-state index < -0.39 is 0 Å². The van der Waals surface area contributed by atoms with E-state index in [0.717, 1.165) is 38.5 Å². The molecule has 2 N–H and O–H groups in total. The molecule has 2 saturated heterocycles. The summed E-state index contributed by atoms with van der Waals surface area (Å²) in [6.07, 6.45) is 7.68. The molecule has 21 heavy (non-hydrogen) atoms. The maximum Gasteiger partial charge on any atom is 0.240 e. The minimum Gasteiger partial charge on any atom is -0.375 e. The molecule has 0 unspecified atom stereocenters. The van der Waals surface area contributed by atoms with Gasteiger partial charge in [0.25, 0.3) is 0 Å². The summed E-state index contributed by atoms with van der Waals surface area (Å²) in [7, 11) is 0. The lowest BCUT2D eigenvalue weighted by Gasteiger charge is -2.37. The van der Waals surface area contributed by atoms with E-state index >= 15 is 0 Å². The van der Waals surface area contributed by atoms with Gasteiger partial charge in [0.15, 0.2) is 0 Å². The summed E-state index contributed by atoms with van der Waals surface area (Å²) in [5, 5.41) is 6.49. The number of nitrogens with zero attached hydrogens (tertiary/aromatic N) is 1. The van der Waals surface area contributed by atoms with Crippen LogP contribution in [0, 0.1) is 0 Å². The number of carbonyl (C=O) groups excluding carboxylic acids is 1. The predicted molar refractivity (Wildman–Crippen MR) is 82.2 cm³/mol. The first-order valence-corrected chi connectivity index (χ1v) is 8.63. The highest BCUT2D eigenvalue weighted by atomic mass is 16.5. The van der Waals surface area contributed by atoms with Crippen LogP contribution in [0.25, 0.3) is 0 Å². The lowest BCUT2D eigenvalue weighted by molar-refractivity contribution is -0.130. The van der Waals surface area contributed by atoms with Gasteiger partial charge < -0.3 is 20.3 Å². The Bertz CT molecular complexity index is 349. The molecule has 0 aromatic rings. The molecule has 1 saturated carbocycles. The highest BCUT2D eigenvalue weighted by molar-refractivity contribution is 5.82. The van der Waals surface area contributed by atoms with Crippen LogP contribution in [0.4, 0.5) is 0 Å². The summed E-state index contributed by atoms with van der Waals surface area (Å²) in [6.45, 7) is 5.71. The maximum absolute atomic E-state index is 12.3. The number of nitrogens with one attached hydrogen (secondary N) is 2. The number of morpholine rings is 1. The molecule has 1 amide bonds. The number of piperidine rings is 1. The molecule has 2 heterocycles. The van der Waals surface area contributed by atoms with Crippen LogP contribution in [-0.2, 0) is 9.53 Å². The topological polar surface area (TPSA) is 53.6 Å². The van der Waals surface area contributed by atoms with E-state index in [0.29, 0.717) is 12.6 Å². The summed E-state index contributed by atoms with van der Waals surface area (Å²) >= 11 is 0. The van der Waals surface area contributed by atoms with Crippen LogP contribution in [0.5, 0.6) is 0 Å². The monoisotopic (exact) mass is 295 g/mol. The summed E-state index contributed by atoms with van der Waals surface area (Å²) in [4.78, 5) is 15.0. The van der Waals surface area contributed by atoms with Crippen LogP contribution in [0.15, 0.2) is 0 Å².